The molecule has 7 heteroatoms. The van der Waals surface area contributed by atoms with Crippen molar-refractivity contribution in [1.29, 1.82) is 0 Å². The van der Waals surface area contributed by atoms with Crippen molar-refractivity contribution < 1.29 is 0 Å². The number of nitrogens with zero attached hydrogens (tertiary/aromatic N) is 5. The van der Waals surface area contributed by atoms with Gasteiger partial charge in [-0.3, -0.25) is 4.68 Å². The summed E-state index contributed by atoms with van der Waals surface area (Å²) in [6, 6.07) is 0. The SMILES string of the molecule is Cc1c(N)ncnc1NCCCn1ccnn1. The van der Waals surface area contributed by atoms with Gasteiger partial charge in [0.05, 0.1) is 6.20 Å². The van der Waals surface area contributed by atoms with Gasteiger partial charge in [0.1, 0.15) is 18.0 Å². The first-order valence-corrected chi connectivity index (χ1v) is 5.42. The molecule has 90 valence electrons. The number of hydrogen-bond acceptors (Lipinski definition) is 6. The van der Waals surface area contributed by atoms with E-state index in [1.54, 1.807) is 10.9 Å². The molecule has 0 bridgehead atoms. The molecule has 2 aromatic heterocycles. The minimum atomic E-state index is 0.513. The first-order valence-electron chi connectivity index (χ1n) is 5.42. The molecule has 0 saturated heterocycles. The number of rotatable bonds is 5. The topological polar surface area (TPSA) is 94.5 Å². The summed E-state index contributed by atoms with van der Waals surface area (Å²) in [5, 5.41) is 10.8. The summed E-state index contributed by atoms with van der Waals surface area (Å²) in [5.74, 6) is 1.30. The van der Waals surface area contributed by atoms with E-state index >= 15 is 0 Å². The average Bonchev–Trinajstić information content (AvgIpc) is 2.83. The van der Waals surface area contributed by atoms with E-state index in [-0.39, 0.29) is 0 Å². The molecule has 0 aromatic carbocycles. The zero-order valence-corrected chi connectivity index (χ0v) is 9.67. The minimum absolute atomic E-state index is 0.513. The van der Waals surface area contributed by atoms with Crippen LogP contribution < -0.4 is 11.1 Å². The molecule has 2 heterocycles. The molecule has 0 spiro atoms. The van der Waals surface area contributed by atoms with E-state index in [4.69, 9.17) is 5.73 Å². The van der Waals surface area contributed by atoms with E-state index in [2.05, 4.69) is 25.6 Å². The maximum atomic E-state index is 5.69. The van der Waals surface area contributed by atoms with Crippen LogP contribution in [0.1, 0.15) is 12.0 Å². The quantitative estimate of drug-likeness (QED) is 0.728. The zero-order chi connectivity index (χ0) is 12.1. The van der Waals surface area contributed by atoms with E-state index < -0.39 is 0 Å². The lowest BCUT2D eigenvalue weighted by atomic mass is 10.3. The highest BCUT2D eigenvalue weighted by Gasteiger charge is 2.02. The second-order valence-corrected chi connectivity index (χ2v) is 3.68. The fourth-order valence-electron chi connectivity index (χ4n) is 1.44. The van der Waals surface area contributed by atoms with Gasteiger partial charge in [-0.1, -0.05) is 5.21 Å². The maximum Gasteiger partial charge on any atom is 0.134 e. The van der Waals surface area contributed by atoms with Crippen LogP contribution in [0.25, 0.3) is 0 Å². The molecule has 0 aliphatic carbocycles. The lowest BCUT2D eigenvalue weighted by molar-refractivity contribution is 0.569. The standard InChI is InChI=1S/C10H15N7/c1-8-9(11)13-7-14-10(8)12-3-2-5-17-6-4-15-16-17/h4,6-7H,2-3,5H2,1H3,(H3,11,12,13,14). The summed E-state index contributed by atoms with van der Waals surface area (Å²) in [6.07, 6.45) is 5.91. The van der Waals surface area contributed by atoms with E-state index in [9.17, 15) is 0 Å². The Hall–Kier alpha value is -2.18. The van der Waals surface area contributed by atoms with Crippen molar-refractivity contribution in [3.63, 3.8) is 0 Å². The molecule has 0 saturated carbocycles. The number of aromatic nitrogens is 5. The fraction of sp³-hybridized carbons (Fsp3) is 0.400. The van der Waals surface area contributed by atoms with Crippen molar-refractivity contribution in [3.05, 3.63) is 24.3 Å². The van der Waals surface area contributed by atoms with E-state index in [1.807, 2.05) is 13.1 Å². The predicted octanol–water partition coefficient (Wildman–Crippen LogP) is 0.461. The average molecular weight is 233 g/mol. The summed E-state index contributed by atoms with van der Waals surface area (Å²) in [5.41, 5.74) is 6.57. The second kappa shape index (κ2) is 5.24. The highest BCUT2D eigenvalue weighted by molar-refractivity contribution is 5.53. The molecule has 0 fully saturated rings. The third kappa shape index (κ3) is 2.90. The summed E-state index contributed by atoms with van der Waals surface area (Å²) in [6.45, 7) is 3.53. The van der Waals surface area contributed by atoms with Crippen molar-refractivity contribution in [2.45, 2.75) is 19.9 Å². The van der Waals surface area contributed by atoms with Gasteiger partial charge in [-0.15, -0.1) is 5.10 Å². The van der Waals surface area contributed by atoms with Gasteiger partial charge in [0, 0.05) is 24.8 Å². The molecule has 7 nitrogen and oxygen atoms in total. The van der Waals surface area contributed by atoms with Gasteiger partial charge in [-0.05, 0) is 13.3 Å². The third-order valence-corrected chi connectivity index (χ3v) is 2.45. The van der Waals surface area contributed by atoms with Crippen molar-refractivity contribution in [2.75, 3.05) is 17.6 Å². The minimum Gasteiger partial charge on any atom is -0.383 e. The number of nitrogens with one attached hydrogen (secondary N) is 1. The van der Waals surface area contributed by atoms with Crippen molar-refractivity contribution in [1.82, 2.24) is 25.0 Å². The molecule has 2 aromatic rings. The fourth-order valence-corrected chi connectivity index (χ4v) is 1.44. The summed E-state index contributed by atoms with van der Waals surface area (Å²) < 4.78 is 1.79. The van der Waals surface area contributed by atoms with Crippen molar-refractivity contribution in [3.8, 4) is 0 Å². The number of nitrogen functional groups attached to an aromatic ring is 1. The monoisotopic (exact) mass is 233 g/mol. The Morgan fingerprint density at radius 3 is 3.06 bits per heavy atom. The first kappa shape index (κ1) is 11.3. The van der Waals surface area contributed by atoms with E-state index in [1.165, 1.54) is 6.33 Å². The summed E-state index contributed by atoms with van der Waals surface area (Å²) in [7, 11) is 0. The maximum absolute atomic E-state index is 5.69. The molecule has 0 unspecified atom stereocenters. The Morgan fingerprint density at radius 1 is 1.41 bits per heavy atom. The Bertz CT molecular complexity index is 466. The molecule has 0 aliphatic rings. The molecule has 0 atom stereocenters. The van der Waals surface area contributed by atoms with Gasteiger partial charge in [0.2, 0.25) is 0 Å². The highest BCUT2D eigenvalue weighted by atomic mass is 15.4. The largest absolute Gasteiger partial charge is 0.383 e. The van der Waals surface area contributed by atoms with Crippen molar-refractivity contribution in [2.24, 2.45) is 0 Å². The Balaban J connectivity index is 1.80. The van der Waals surface area contributed by atoms with Gasteiger partial charge in [-0.25, -0.2) is 9.97 Å². The molecular formula is C10H15N7. The predicted molar refractivity (Wildman–Crippen MR) is 64.3 cm³/mol. The molecule has 0 radical (unpaired) electrons. The van der Waals surface area contributed by atoms with Gasteiger partial charge < -0.3 is 11.1 Å². The van der Waals surface area contributed by atoms with Crippen LogP contribution in [0.3, 0.4) is 0 Å². The van der Waals surface area contributed by atoms with Gasteiger partial charge in [0.25, 0.3) is 0 Å². The number of aryl methyl sites for hydroxylation is 1. The molecule has 3 N–H and O–H groups in total. The summed E-state index contributed by atoms with van der Waals surface area (Å²) in [4.78, 5) is 8.05. The van der Waals surface area contributed by atoms with E-state index in [0.29, 0.717) is 5.82 Å². The number of hydrogen-bond donors (Lipinski definition) is 2. The normalized spacial score (nSPS) is 10.4. The van der Waals surface area contributed by atoms with Crippen LogP contribution in [-0.2, 0) is 6.54 Å². The molecular weight excluding hydrogens is 218 g/mol. The van der Waals surface area contributed by atoms with Crippen LogP contribution >= 0.6 is 0 Å². The number of anilines is 2. The van der Waals surface area contributed by atoms with Crippen LogP contribution in [0, 0.1) is 6.92 Å². The van der Waals surface area contributed by atoms with Crippen LogP contribution in [0.4, 0.5) is 11.6 Å². The van der Waals surface area contributed by atoms with E-state index in [0.717, 1.165) is 30.9 Å². The molecule has 0 aliphatic heterocycles. The van der Waals surface area contributed by atoms with Crippen LogP contribution in [0.5, 0.6) is 0 Å². The van der Waals surface area contributed by atoms with Gasteiger partial charge in [0.15, 0.2) is 0 Å². The number of nitrogens with two attached hydrogens (primary N) is 1. The summed E-state index contributed by atoms with van der Waals surface area (Å²) >= 11 is 0. The second-order valence-electron chi connectivity index (χ2n) is 3.68. The van der Waals surface area contributed by atoms with Gasteiger partial charge in [-0.2, -0.15) is 0 Å². The first-order chi connectivity index (χ1) is 8.27. The lowest BCUT2D eigenvalue weighted by Gasteiger charge is -2.08. The third-order valence-electron chi connectivity index (χ3n) is 2.45. The molecule has 2 rings (SSSR count). The Kier molecular flexibility index (Phi) is 3.49. The van der Waals surface area contributed by atoms with Crippen LogP contribution in [0.15, 0.2) is 18.7 Å². The zero-order valence-electron chi connectivity index (χ0n) is 9.67. The molecule has 0 amide bonds. The molecule has 17 heavy (non-hydrogen) atoms. The Morgan fingerprint density at radius 2 is 2.29 bits per heavy atom. The van der Waals surface area contributed by atoms with Crippen LogP contribution in [0.2, 0.25) is 0 Å². The highest BCUT2D eigenvalue weighted by Crippen LogP contribution is 2.14. The lowest BCUT2D eigenvalue weighted by Crippen LogP contribution is -2.10. The van der Waals surface area contributed by atoms with Gasteiger partial charge >= 0.3 is 0 Å². The Labute approximate surface area is 99.1 Å². The van der Waals surface area contributed by atoms with Crippen LogP contribution in [-0.4, -0.2) is 31.5 Å². The van der Waals surface area contributed by atoms with Crippen molar-refractivity contribution >= 4 is 11.6 Å². The smallest absolute Gasteiger partial charge is 0.134 e.